The van der Waals surface area contributed by atoms with Crippen molar-refractivity contribution in [2.24, 2.45) is 0 Å². The van der Waals surface area contributed by atoms with E-state index in [-0.39, 0.29) is 6.09 Å². The van der Waals surface area contributed by atoms with Crippen molar-refractivity contribution in [2.75, 3.05) is 31.1 Å². The number of carbonyl (C=O) groups is 1. The molecule has 0 atom stereocenters. The molecule has 7 heteroatoms. The van der Waals surface area contributed by atoms with E-state index in [9.17, 15) is 4.79 Å². The van der Waals surface area contributed by atoms with E-state index in [1.165, 1.54) is 0 Å². The van der Waals surface area contributed by atoms with Gasteiger partial charge < -0.3 is 14.5 Å². The molecule has 0 bridgehead atoms. The highest BCUT2D eigenvalue weighted by Gasteiger charge is 2.24. The monoisotopic (exact) mass is 389 g/mol. The van der Waals surface area contributed by atoms with Crippen LogP contribution in [0.15, 0.2) is 16.7 Å². The Labute approximate surface area is 144 Å². The molecule has 1 aromatic rings. The van der Waals surface area contributed by atoms with Crippen LogP contribution in [0.3, 0.4) is 0 Å². The standard InChI is InChI=1S/C15H21BrClN3O2/c1-15(2,3)22-14(21)20-6-4-5-19(7-8-20)11-9-12(16)13(17)18-10-11/h9-10H,4-8H2,1-3H3. The Kier molecular flexibility index (Phi) is 5.55. The van der Waals surface area contributed by atoms with Gasteiger partial charge in [-0.15, -0.1) is 0 Å². The first kappa shape index (κ1) is 17.3. The number of nitrogens with zero attached hydrogens (tertiary/aromatic N) is 3. The minimum absolute atomic E-state index is 0.246. The van der Waals surface area contributed by atoms with Gasteiger partial charge in [-0.1, -0.05) is 11.6 Å². The fraction of sp³-hybridized carbons (Fsp3) is 0.600. The van der Waals surface area contributed by atoms with Gasteiger partial charge in [0.25, 0.3) is 0 Å². The van der Waals surface area contributed by atoms with Crippen LogP contribution in [0.4, 0.5) is 10.5 Å². The molecule has 0 aliphatic carbocycles. The third-order valence-electron chi connectivity index (χ3n) is 3.29. The van der Waals surface area contributed by atoms with Crippen molar-refractivity contribution >= 4 is 39.3 Å². The number of anilines is 1. The fourth-order valence-electron chi connectivity index (χ4n) is 2.27. The summed E-state index contributed by atoms with van der Waals surface area (Å²) >= 11 is 9.33. The van der Waals surface area contributed by atoms with Crippen molar-refractivity contribution in [2.45, 2.75) is 32.8 Å². The lowest BCUT2D eigenvalue weighted by Crippen LogP contribution is -2.39. The van der Waals surface area contributed by atoms with Gasteiger partial charge in [0.15, 0.2) is 0 Å². The lowest BCUT2D eigenvalue weighted by Gasteiger charge is -2.27. The van der Waals surface area contributed by atoms with Gasteiger partial charge in [-0.2, -0.15) is 0 Å². The molecule has 1 amide bonds. The van der Waals surface area contributed by atoms with Crippen molar-refractivity contribution < 1.29 is 9.53 Å². The van der Waals surface area contributed by atoms with Crippen molar-refractivity contribution in [1.29, 1.82) is 0 Å². The van der Waals surface area contributed by atoms with Gasteiger partial charge in [0.05, 0.1) is 16.4 Å². The summed E-state index contributed by atoms with van der Waals surface area (Å²) in [6.07, 6.45) is 2.40. The first-order chi connectivity index (χ1) is 10.3. The zero-order valence-corrected chi connectivity index (χ0v) is 15.4. The Hall–Kier alpha value is -1.01. The van der Waals surface area contributed by atoms with E-state index in [0.717, 1.165) is 29.7 Å². The Morgan fingerprint density at radius 1 is 1.32 bits per heavy atom. The quantitative estimate of drug-likeness (QED) is 0.681. The summed E-state index contributed by atoms with van der Waals surface area (Å²) < 4.78 is 6.22. The van der Waals surface area contributed by atoms with Gasteiger partial charge in [-0.05, 0) is 49.2 Å². The summed E-state index contributed by atoms with van der Waals surface area (Å²) in [4.78, 5) is 20.3. The van der Waals surface area contributed by atoms with Gasteiger partial charge >= 0.3 is 6.09 Å². The molecule has 0 spiro atoms. The molecule has 0 radical (unpaired) electrons. The predicted molar refractivity (Wildman–Crippen MR) is 91.6 cm³/mol. The van der Waals surface area contributed by atoms with E-state index in [0.29, 0.717) is 18.2 Å². The molecule has 1 aromatic heterocycles. The van der Waals surface area contributed by atoms with Crippen molar-refractivity contribution in [1.82, 2.24) is 9.88 Å². The maximum Gasteiger partial charge on any atom is 0.410 e. The molecule has 1 aliphatic rings. The van der Waals surface area contributed by atoms with Crippen LogP contribution >= 0.6 is 27.5 Å². The second-order valence-electron chi connectivity index (χ2n) is 6.27. The number of hydrogen-bond donors (Lipinski definition) is 0. The van der Waals surface area contributed by atoms with Gasteiger partial charge in [0.1, 0.15) is 10.8 Å². The molecule has 2 rings (SSSR count). The van der Waals surface area contributed by atoms with Gasteiger partial charge in [-0.25, -0.2) is 9.78 Å². The molecule has 0 N–H and O–H groups in total. The first-order valence-corrected chi connectivity index (χ1v) is 8.47. The van der Waals surface area contributed by atoms with Gasteiger partial charge in [-0.3, -0.25) is 0 Å². The topological polar surface area (TPSA) is 45.7 Å². The number of rotatable bonds is 1. The normalized spacial score (nSPS) is 16.4. The largest absolute Gasteiger partial charge is 0.444 e. The molecular weight excluding hydrogens is 370 g/mol. The summed E-state index contributed by atoms with van der Waals surface area (Å²) in [7, 11) is 0. The fourth-order valence-corrected chi connectivity index (χ4v) is 2.71. The molecule has 1 aliphatic heterocycles. The van der Waals surface area contributed by atoms with Crippen LogP contribution in [0.5, 0.6) is 0 Å². The molecule has 2 heterocycles. The van der Waals surface area contributed by atoms with Crippen LogP contribution in [0.1, 0.15) is 27.2 Å². The summed E-state index contributed by atoms with van der Waals surface area (Å²) in [6, 6.07) is 1.96. The van der Waals surface area contributed by atoms with Crippen LogP contribution in [-0.2, 0) is 4.74 Å². The van der Waals surface area contributed by atoms with Crippen LogP contribution in [0.2, 0.25) is 5.15 Å². The molecule has 1 fully saturated rings. The van der Waals surface area contributed by atoms with Gasteiger partial charge in [0, 0.05) is 26.2 Å². The summed E-state index contributed by atoms with van der Waals surface area (Å²) in [5.74, 6) is 0. The number of pyridine rings is 1. The average Bonchev–Trinajstić information content (AvgIpc) is 2.66. The number of carbonyl (C=O) groups excluding carboxylic acids is 1. The molecule has 22 heavy (non-hydrogen) atoms. The Morgan fingerprint density at radius 3 is 2.68 bits per heavy atom. The number of halogens is 2. The lowest BCUT2D eigenvalue weighted by molar-refractivity contribution is 0.0263. The first-order valence-electron chi connectivity index (χ1n) is 7.30. The van der Waals surface area contributed by atoms with E-state index < -0.39 is 5.60 Å². The second-order valence-corrected chi connectivity index (χ2v) is 7.49. The minimum atomic E-state index is -0.464. The van der Waals surface area contributed by atoms with Crippen LogP contribution in [0, 0.1) is 0 Å². The zero-order valence-electron chi connectivity index (χ0n) is 13.1. The lowest BCUT2D eigenvalue weighted by atomic mass is 10.2. The Morgan fingerprint density at radius 2 is 2.05 bits per heavy atom. The summed E-state index contributed by atoms with van der Waals surface area (Å²) in [6.45, 7) is 8.59. The number of hydrogen-bond acceptors (Lipinski definition) is 4. The highest BCUT2D eigenvalue weighted by Crippen LogP contribution is 2.26. The maximum absolute atomic E-state index is 12.2. The third-order valence-corrected chi connectivity index (χ3v) is 4.43. The van der Waals surface area contributed by atoms with Crippen LogP contribution in [-0.4, -0.2) is 47.8 Å². The SMILES string of the molecule is CC(C)(C)OC(=O)N1CCCN(c2cnc(Cl)c(Br)c2)CC1. The van der Waals surface area contributed by atoms with Crippen molar-refractivity contribution in [3.8, 4) is 0 Å². The number of ether oxygens (including phenoxy) is 1. The molecule has 0 saturated carbocycles. The maximum atomic E-state index is 12.2. The van der Waals surface area contributed by atoms with Crippen LogP contribution in [0.25, 0.3) is 0 Å². The van der Waals surface area contributed by atoms with E-state index >= 15 is 0 Å². The minimum Gasteiger partial charge on any atom is -0.444 e. The van der Waals surface area contributed by atoms with E-state index in [2.05, 4.69) is 25.8 Å². The second kappa shape index (κ2) is 7.04. The molecule has 0 unspecified atom stereocenters. The Balaban J connectivity index is 2.00. The van der Waals surface area contributed by atoms with Crippen LogP contribution < -0.4 is 4.90 Å². The summed E-state index contributed by atoms with van der Waals surface area (Å²) in [5.41, 5.74) is 0.538. The average molecular weight is 391 g/mol. The molecular formula is C15H21BrClN3O2. The predicted octanol–water partition coefficient (Wildman–Crippen LogP) is 3.94. The smallest absolute Gasteiger partial charge is 0.410 e. The van der Waals surface area contributed by atoms with E-state index in [1.807, 2.05) is 26.8 Å². The van der Waals surface area contributed by atoms with Crippen molar-refractivity contribution in [3.63, 3.8) is 0 Å². The third kappa shape index (κ3) is 4.74. The number of amides is 1. The molecule has 0 aromatic carbocycles. The Bertz CT molecular complexity index is 548. The zero-order chi connectivity index (χ0) is 16.3. The van der Waals surface area contributed by atoms with E-state index in [1.54, 1.807) is 11.1 Å². The number of aromatic nitrogens is 1. The van der Waals surface area contributed by atoms with Crippen molar-refractivity contribution in [3.05, 3.63) is 21.9 Å². The molecule has 5 nitrogen and oxygen atoms in total. The molecule has 122 valence electrons. The highest BCUT2D eigenvalue weighted by molar-refractivity contribution is 9.10. The summed E-state index contributed by atoms with van der Waals surface area (Å²) in [5, 5.41) is 0.453. The molecule has 1 saturated heterocycles. The highest BCUT2D eigenvalue weighted by atomic mass is 79.9. The van der Waals surface area contributed by atoms with E-state index in [4.69, 9.17) is 16.3 Å². The van der Waals surface area contributed by atoms with Gasteiger partial charge in [0.2, 0.25) is 0 Å².